The third-order valence-electron chi connectivity index (χ3n) is 2.73. The van der Waals surface area contributed by atoms with Gasteiger partial charge in [-0.3, -0.25) is 14.2 Å². The standard InChI is InChI=1S/C12H17N5O/c1-10-4-7-17(15-10)8-5-12(18)13-9-11-3-6-14-16(11)2/h3-4,6-7H,5,8-9H2,1-2H3,(H,13,18). The second-order valence-corrected chi connectivity index (χ2v) is 4.19. The molecule has 0 aliphatic rings. The van der Waals surface area contributed by atoms with Gasteiger partial charge in [0.15, 0.2) is 0 Å². The Morgan fingerprint density at radius 3 is 2.89 bits per heavy atom. The van der Waals surface area contributed by atoms with E-state index in [1.54, 1.807) is 15.6 Å². The number of carbonyl (C=O) groups excluding carboxylic acids is 1. The van der Waals surface area contributed by atoms with Crippen LogP contribution >= 0.6 is 0 Å². The molecule has 96 valence electrons. The van der Waals surface area contributed by atoms with Gasteiger partial charge in [-0.25, -0.2) is 0 Å². The molecule has 0 aliphatic carbocycles. The summed E-state index contributed by atoms with van der Waals surface area (Å²) in [5, 5.41) is 11.1. The second kappa shape index (κ2) is 5.48. The Kier molecular flexibility index (Phi) is 3.76. The minimum absolute atomic E-state index is 0.0179. The van der Waals surface area contributed by atoms with Gasteiger partial charge in [0.1, 0.15) is 0 Å². The van der Waals surface area contributed by atoms with Crippen molar-refractivity contribution in [1.29, 1.82) is 0 Å². The van der Waals surface area contributed by atoms with E-state index < -0.39 is 0 Å². The van der Waals surface area contributed by atoms with E-state index in [0.29, 0.717) is 19.5 Å². The van der Waals surface area contributed by atoms with Crippen LogP contribution < -0.4 is 5.32 Å². The van der Waals surface area contributed by atoms with Gasteiger partial charge >= 0.3 is 0 Å². The van der Waals surface area contributed by atoms with Gasteiger partial charge in [-0.05, 0) is 19.1 Å². The first-order valence-corrected chi connectivity index (χ1v) is 5.89. The van der Waals surface area contributed by atoms with E-state index in [4.69, 9.17) is 0 Å². The molecule has 0 aliphatic heterocycles. The monoisotopic (exact) mass is 247 g/mol. The molecule has 0 atom stereocenters. The number of hydrogen-bond donors (Lipinski definition) is 1. The fourth-order valence-corrected chi connectivity index (χ4v) is 1.66. The number of hydrogen-bond acceptors (Lipinski definition) is 3. The third kappa shape index (κ3) is 3.19. The van der Waals surface area contributed by atoms with Crippen LogP contribution in [0.3, 0.4) is 0 Å². The molecule has 2 rings (SSSR count). The van der Waals surface area contributed by atoms with Crippen molar-refractivity contribution in [2.24, 2.45) is 7.05 Å². The second-order valence-electron chi connectivity index (χ2n) is 4.19. The Morgan fingerprint density at radius 1 is 1.44 bits per heavy atom. The SMILES string of the molecule is Cc1ccn(CCC(=O)NCc2ccnn2C)n1. The zero-order chi connectivity index (χ0) is 13.0. The predicted molar refractivity (Wildman–Crippen MR) is 66.6 cm³/mol. The number of carbonyl (C=O) groups is 1. The molecule has 0 saturated carbocycles. The summed E-state index contributed by atoms with van der Waals surface area (Å²) in [7, 11) is 1.86. The highest BCUT2D eigenvalue weighted by Gasteiger charge is 2.04. The number of nitrogens with zero attached hydrogens (tertiary/aromatic N) is 4. The summed E-state index contributed by atoms with van der Waals surface area (Å²) in [5.74, 6) is 0.0179. The molecule has 0 bridgehead atoms. The first kappa shape index (κ1) is 12.3. The van der Waals surface area contributed by atoms with Crippen molar-refractivity contribution in [3.8, 4) is 0 Å². The van der Waals surface area contributed by atoms with E-state index >= 15 is 0 Å². The summed E-state index contributed by atoms with van der Waals surface area (Å²) in [6, 6.07) is 3.81. The molecule has 1 N–H and O–H groups in total. The molecule has 2 aromatic rings. The van der Waals surface area contributed by atoms with Gasteiger partial charge in [0, 0.05) is 32.4 Å². The van der Waals surface area contributed by atoms with E-state index in [2.05, 4.69) is 15.5 Å². The first-order chi connectivity index (χ1) is 8.65. The molecular weight excluding hydrogens is 230 g/mol. The van der Waals surface area contributed by atoms with Gasteiger partial charge in [-0.2, -0.15) is 10.2 Å². The van der Waals surface area contributed by atoms with Gasteiger partial charge in [0.05, 0.1) is 17.9 Å². The number of aromatic nitrogens is 4. The molecule has 0 fully saturated rings. The lowest BCUT2D eigenvalue weighted by molar-refractivity contribution is -0.121. The zero-order valence-electron chi connectivity index (χ0n) is 10.6. The smallest absolute Gasteiger partial charge is 0.222 e. The first-order valence-electron chi connectivity index (χ1n) is 5.89. The van der Waals surface area contributed by atoms with Crippen molar-refractivity contribution in [1.82, 2.24) is 24.9 Å². The lowest BCUT2D eigenvalue weighted by Gasteiger charge is -2.05. The van der Waals surface area contributed by atoms with Crippen molar-refractivity contribution in [3.05, 3.63) is 35.9 Å². The molecule has 2 aromatic heterocycles. The highest BCUT2D eigenvalue weighted by molar-refractivity contribution is 5.75. The van der Waals surface area contributed by atoms with E-state index in [-0.39, 0.29) is 5.91 Å². The van der Waals surface area contributed by atoms with Crippen LogP contribution in [0.4, 0.5) is 0 Å². The normalized spacial score (nSPS) is 10.6. The van der Waals surface area contributed by atoms with Crippen LogP contribution in [0.5, 0.6) is 0 Å². The maximum absolute atomic E-state index is 11.6. The highest BCUT2D eigenvalue weighted by atomic mass is 16.1. The number of aryl methyl sites for hydroxylation is 3. The van der Waals surface area contributed by atoms with Crippen molar-refractivity contribution in [2.75, 3.05) is 0 Å². The average molecular weight is 247 g/mol. The Balaban J connectivity index is 1.74. The lowest BCUT2D eigenvalue weighted by atomic mass is 10.3. The molecule has 18 heavy (non-hydrogen) atoms. The highest BCUT2D eigenvalue weighted by Crippen LogP contribution is 1.97. The van der Waals surface area contributed by atoms with Crippen molar-refractivity contribution < 1.29 is 4.79 Å². The summed E-state index contributed by atoms with van der Waals surface area (Å²) in [6.07, 6.45) is 4.02. The summed E-state index contributed by atoms with van der Waals surface area (Å²) >= 11 is 0. The molecule has 6 nitrogen and oxygen atoms in total. The predicted octanol–water partition coefficient (Wildman–Crippen LogP) is 0.632. The minimum Gasteiger partial charge on any atom is -0.350 e. The number of nitrogens with one attached hydrogen (secondary N) is 1. The molecule has 0 saturated heterocycles. The Morgan fingerprint density at radius 2 is 2.28 bits per heavy atom. The van der Waals surface area contributed by atoms with E-state index in [1.165, 1.54) is 0 Å². The van der Waals surface area contributed by atoms with Crippen LogP contribution in [0, 0.1) is 6.92 Å². The van der Waals surface area contributed by atoms with E-state index in [1.807, 2.05) is 32.3 Å². The van der Waals surface area contributed by atoms with Crippen LogP contribution in [0.15, 0.2) is 24.5 Å². The van der Waals surface area contributed by atoms with Gasteiger partial charge in [0.2, 0.25) is 5.91 Å². The van der Waals surface area contributed by atoms with Crippen LogP contribution in [-0.4, -0.2) is 25.5 Å². The zero-order valence-corrected chi connectivity index (χ0v) is 10.6. The maximum Gasteiger partial charge on any atom is 0.222 e. The molecule has 1 amide bonds. The van der Waals surface area contributed by atoms with Crippen LogP contribution in [0.1, 0.15) is 17.8 Å². The molecule has 6 heteroatoms. The molecular formula is C12H17N5O. The van der Waals surface area contributed by atoms with Gasteiger partial charge in [-0.15, -0.1) is 0 Å². The molecule has 0 aromatic carbocycles. The number of rotatable bonds is 5. The third-order valence-corrected chi connectivity index (χ3v) is 2.73. The van der Waals surface area contributed by atoms with Crippen LogP contribution in [-0.2, 0) is 24.9 Å². The summed E-state index contributed by atoms with van der Waals surface area (Å²) < 4.78 is 3.52. The number of amides is 1. The Labute approximate surface area is 106 Å². The fraction of sp³-hybridized carbons (Fsp3) is 0.417. The summed E-state index contributed by atoms with van der Waals surface area (Å²) in [4.78, 5) is 11.6. The Hall–Kier alpha value is -2.11. The fourth-order valence-electron chi connectivity index (χ4n) is 1.66. The average Bonchev–Trinajstić information content (AvgIpc) is 2.93. The van der Waals surface area contributed by atoms with E-state index in [9.17, 15) is 4.79 Å². The molecule has 0 spiro atoms. The topological polar surface area (TPSA) is 64.7 Å². The van der Waals surface area contributed by atoms with Gasteiger partial charge in [-0.1, -0.05) is 0 Å². The Bertz CT molecular complexity index is 528. The maximum atomic E-state index is 11.6. The van der Waals surface area contributed by atoms with Crippen molar-refractivity contribution in [2.45, 2.75) is 26.4 Å². The van der Waals surface area contributed by atoms with Gasteiger partial charge < -0.3 is 5.32 Å². The van der Waals surface area contributed by atoms with Crippen molar-refractivity contribution in [3.63, 3.8) is 0 Å². The van der Waals surface area contributed by atoms with Crippen LogP contribution in [0.25, 0.3) is 0 Å². The van der Waals surface area contributed by atoms with Crippen LogP contribution in [0.2, 0.25) is 0 Å². The molecule has 2 heterocycles. The minimum atomic E-state index is 0.0179. The molecule has 0 unspecified atom stereocenters. The van der Waals surface area contributed by atoms with Gasteiger partial charge in [0.25, 0.3) is 0 Å². The van der Waals surface area contributed by atoms with Crippen molar-refractivity contribution >= 4 is 5.91 Å². The summed E-state index contributed by atoms with van der Waals surface area (Å²) in [5.41, 5.74) is 1.95. The quantitative estimate of drug-likeness (QED) is 0.843. The van der Waals surface area contributed by atoms with E-state index in [0.717, 1.165) is 11.4 Å². The lowest BCUT2D eigenvalue weighted by Crippen LogP contribution is -2.25. The molecule has 0 radical (unpaired) electrons. The largest absolute Gasteiger partial charge is 0.350 e. The summed E-state index contributed by atoms with van der Waals surface area (Å²) in [6.45, 7) is 3.04.